The highest BCUT2D eigenvalue weighted by molar-refractivity contribution is 9.10. The lowest BCUT2D eigenvalue weighted by Crippen LogP contribution is -2.55. The molecule has 8 nitrogen and oxygen atoms in total. The first-order valence-corrected chi connectivity index (χ1v) is 12.4. The number of carbonyl (C=O) groups is 1. The summed E-state index contributed by atoms with van der Waals surface area (Å²) in [5, 5.41) is 0. The van der Waals surface area contributed by atoms with Crippen molar-refractivity contribution in [1.82, 2.24) is 14.7 Å². The van der Waals surface area contributed by atoms with Crippen LogP contribution in [0.25, 0.3) is 0 Å². The van der Waals surface area contributed by atoms with Gasteiger partial charge in [0.25, 0.3) is 0 Å². The maximum atomic E-state index is 13.0. The number of piperidine rings is 1. The number of rotatable bonds is 4. The molecule has 1 fully saturated rings. The fraction of sp³-hybridized carbons (Fsp3) is 0.500. The Balaban J connectivity index is 1.60. The Morgan fingerprint density at radius 1 is 1.34 bits per heavy atom. The average molecular weight is 523 g/mol. The molecule has 10 heteroatoms. The van der Waals surface area contributed by atoms with Crippen LogP contribution in [0.15, 0.2) is 35.1 Å². The van der Waals surface area contributed by atoms with E-state index in [0.717, 1.165) is 11.3 Å². The quantitative estimate of drug-likeness (QED) is 0.480. The zero-order chi connectivity index (χ0) is 23.1. The summed E-state index contributed by atoms with van der Waals surface area (Å²) in [4.78, 5) is 23.0. The lowest BCUT2D eigenvalue weighted by atomic mass is 9.83. The van der Waals surface area contributed by atoms with E-state index < -0.39 is 27.7 Å². The van der Waals surface area contributed by atoms with Gasteiger partial charge in [-0.25, -0.2) is 14.8 Å². The van der Waals surface area contributed by atoms with Crippen molar-refractivity contribution in [3.63, 3.8) is 0 Å². The number of fused-ring (bicyclic) bond motifs is 1. The SMILES string of the molecule is COC(=O)c1nc(Br)cnc1N1CCC2(CC1)Oc1ccccc1[C@H]2N[S+]([O-])C(C)(C)C. The van der Waals surface area contributed by atoms with Crippen LogP contribution in [0.2, 0.25) is 0 Å². The molecule has 0 amide bonds. The summed E-state index contributed by atoms with van der Waals surface area (Å²) in [7, 11) is 1.33. The van der Waals surface area contributed by atoms with E-state index in [9.17, 15) is 9.35 Å². The number of carbonyl (C=O) groups excluding carboxylic acids is 1. The third-order valence-electron chi connectivity index (χ3n) is 5.86. The lowest BCUT2D eigenvalue weighted by molar-refractivity contribution is 0.0378. The number of anilines is 1. The molecule has 0 bridgehead atoms. The largest absolute Gasteiger partial charge is 0.598 e. The van der Waals surface area contributed by atoms with Crippen molar-refractivity contribution in [3.8, 4) is 5.75 Å². The molecule has 0 radical (unpaired) electrons. The topological polar surface area (TPSA) is 99.6 Å². The van der Waals surface area contributed by atoms with E-state index in [1.54, 1.807) is 6.20 Å². The van der Waals surface area contributed by atoms with Crippen LogP contribution in [0.1, 0.15) is 55.7 Å². The van der Waals surface area contributed by atoms with Gasteiger partial charge in [0, 0.05) is 42.9 Å². The lowest BCUT2D eigenvalue weighted by Gasteiger charge is -2.43. The van der Waals surface area contributed by atoms with Crippen LogP contribution in [-0.2, 0) is 16.1 Å². The summed E-state index contributed by atoms with van der Waals surface area (Å²) in [5.74, 6) is 0.787. The number of para-hydroxylation sites is 1. The van der Waals surface area contributed by atoms with E-state index in [-0.39, 0.29) is 11.7 Å². The average Bonchev–Trinajstić information content (AvgIpc) is 3.06. The number of nitrogens with one attached hydrogen (secondary N) is 1. The van der Waals surface area contributed by atoms with Gasteiger partial charge in [0.05, 0.1) is 13.3 Å². The Kier molecular flexibility index (Phi) is 6.41. The van der Waals surface area contributed by atoms with Crippen molar-refractivity contribution in [1.29, 1.82) is 0 Å². The standard InChI is InChI=1S/C22H27BrN4O4S/c1-21(2,3)32(29)26-18-14-7-5-6-8-15(14)31-22(18)9-11-27(12-10-22)19-17(20(28)30-4)25-16(23)13-24-19/h5-8,13,18,26H,9-12H2,1-4H3/t18-,32?/m1/s1. The van der Waals surface area contributed by atoms with Gasteiger partial charge in [0.2, 0.25) is 0 Å². The van der Waals surface area contributed by atoms with Crippen molar-refractivity contribution in [2.24, 2.45) is 0 Å². The highest BCUT2D eigenvalue weighted by Crippen LogP contribution is 2.49. The van der Waals surface area contributed by atoms with Gasteiger partial charge in [-0.1, -0.05) is 18.2 Å². The van der Waals surface area contributed by atoms with Crippen LogP contribution in [0.5, 0.6) is 5.75 Å². The van der Waals surface area contributed by atoms with Crippen molar-refractivity contribution in [3.05, 3.63) is 46.3 Å². The van der Waals surface area contributed by atoms with Crippen molar-refractivity contribution in [2.75, 3.05) is 25.1 Å². The summed E-state index contributed by atoms with van der Waals surface area (Å²) >= 11 is 2.02. The Morgan fingerprint density at radius 3 is 2.69 bits per heavy atom. The third-order valence-corrected chi connectivity index (χ3v) is 7.81. The second kappa shape index (κ2) is 8.81. The predicted molar refractivity (Wildman–Crippen MR) is 126 cm³/mol. The molecule has 0 saturated carbocycles. The predicted octanol–water partition coefficient (Wildman–Crippen LogP) is 3.55. The van der Waals surface area contributed by atoms with Crippen LogP contribution >= 0.6 is 15.9 Å². The Morgan fingerprint density at radius 2 is 2.03 bits per heavy atom. The first kappa shape index (κ1) is 23.3. The Hall–Kier alpha value is -1.88. The van der Waals surface area contributed by atoms with Gasteiger partial charge in [-0.2, -0.15) is 0 Å². The molecule has 2 aliphatic heterocycles. The molecule has 0 aliphatic carbocycles. The van der Waals surface area contributed by atoms with Gasteiger partial charge in [-0.05, 0) is 42.8 Å². The van der Waals surface area contributed by atoms with Gasteiger partial charge >= 0.3 is 5.97 Å². The van der Waals surface area contributed by atoms with Crippen molar-refractivity contribution in [2.45, 2.75) is 50.0 Å². The number of methoxy groups -OCH3 is 1. The second-order valence-corrected chi connectivity index (χ2v) is 11.8. The molecule has 2 aromatic rings. The zero-order valence-electron chi connectivity index (χ0n) is 18.6. The van der Waals surface area contributed by atoms with Gasteiger partial charge in [0.15, 0.2) is 11.5 Å². The van der Waals surface area contributed by atoms with E-state index in [0.29, 0.717) is 36.4 Å². The fourth-order valence-corrected chi connectivity index (χ4v) is 5.33. The molecule has 172 valence electrons. The van der Waals surface area contributed by atoms with Gasteiger partial charge in [-0.3, -0.25) is 0 Å². The molecular formula is C22H27BrN4O4S. The number of ether oxygens (including phenoxy) is 2. The molecule has 32 heavy (non-hydrogen) atoms. The minimum Gasteiger partial charge on any atom is -0.598 e. The number of benzene rings is 1. The van der Waals surface area contributed by atoms with E-state index >= 15 is 0 Å². The second-order valence-electron chi connectivity index (χ2n) is 8.98. The summed E-state index contributed by atoms with van der Waals surface area (Å²) in [5.41, 5.74) is 0.671. The molecule has 4 rings (SSSR count). The maximum Gasteiger partial charge on any atom is 0.360 e. The number of hydrogen-bond donors (Lipinski definition) is 1. The Labute approximate surface area is 199 Å². The summed E-state index contributed by atoms with van der Waals surface area (Å²) in [6.45, 7) is 7.07. The normalized spacial score (nSPS) is 20.6. The van der Waals surface area contributed by atoms with Crippen LogP contribution in [-0.4, -0.2) is 51.0 Å². The molecule has 1 spiro atoms. The van der Waals surface area contributed by atoms with Crippen LogP contribution in [0, 0.1) is 0 Å². The number of esters is 1. The molecule has 1 unspecified atom stereocenters. The van der Waals surface area contributed by atoms with Crippen molar-refractivity contribution >= 4 is 39.1 Å². The summed E-state index contributed by atoms with van der Waals surface area (Å²) < 4.78 is 27.8. The molecule has 1 aromatic heterocycles. The van der Waals surface area contributed by atoms with E-state index in [2.05, 4.69) is 30.6 Å². The molecule has 1 N–H and O–H groups in total. The van der Waals surface area contributed by atoms with Crippen LogP contribution in [0.3, 0.4) is 0 Å². The highest BCUT2D eigenvalue weighted by Gasteiger charge is 2.53. The van der Waals surface area contributed by atoms with Gasteiger partial charge < -0.3 is 18.9 Å². The number of hydrogen-bond acceptors (Lipinski definition) is 8. The van der Waals surface area contributed by atoms with Crippen LogP contribution in [0.4, 0.5) is 5.82 Å². The van der Waals surface area contributed by atoms with E-state index in [4.69, 9.17) is 9.47 Å². The molecule has 1 saturated heterocycles. The monoisotopic (exact) mass is 522 g/mol. The van der Waals surface area contributed by atoms with E-state index in [1.165, 1.54) is 7.11 Å². The Bertz CT molecular complexity index is 1010. The molecule has 3 heterocycles. The molecular weight excluding hydrogens is 496 g/mol. The summed E-state index contributed by atoms with van der Waals surface area (Å²) in [6.07, 6.45) is 2.91. The van der Waals surface area contributed by atoms with Crippen LogP contribution < -0.4 is 14.4 Å². The highest BCUT2D eigenvalue weighted by atomic mass is 79.9. The minimum atomic E-state index is -1.25. The first-order valence-electron chi connectivity index (χ1n) is 10.5. The minimum absolute atomic E-state index is 0.178. The maximum absolute atomic E-state index is 13.0. The number of aromatic nitrogens is 2. The van der Waals surface area contributed by atoms with Crippen molar-refractivity contribution < 1.29 is 18.8 Å². The number of halogens is 1. The fourth-order valence-electron chi connectivity index (χ4n) is 4.14. The summed E-state index contributed by atoms with van der Waals surface area (Å²) in [6, 6.07) is 7.72. The van der Waals surface area contributed by atoms with Gasteiger partial charge in [-0.15, -0.1) is 4.72 Å². The van der Waals surface area contributed by atoms with E-state index in [1.807, 2.05) is 49.9 Å². The number of nitrogens with zero attached hydrogens (tertiary/aromatic N) is 3. The smallest absolute Gasteiger partial charge is 0.360 e. The van der Waals surface area contributed by atoms with Gasteiger partial charge in [0.1, 0.15) is 26.7 Å². The molecule has 2 atom stereocenters. The molecule has 1 aromatic carbocycles. The molecule has 2 aliphatic rings. The zero-order valence-corrected chi connectivity index (χ0v) is 21.0. The first-order chi connectivity index (χ1) is 15.1. The third kappa shape index (κ3) is 4.33.